The summed E-state index contributed by atoms with van der Waals surface area (Å²) in [5.74, 6) is 1.01. The van der Waals surface area contributed by atoms with Crippen molar-refractivity contribution in [1.82, 2.24) is 20.0 Å². The number of rotatable bonds is 3. The average molecular weight is 415 g/mol. The first kappa shape index (κ1) is 18.8. The second-order valence-corrected chi connectivity index (χ2v) is 9.32. The zero-order valence-corrected chi connectivity index (χ0v) is 17.1. The zero-order valence-electron chi connectivity index (χ0n) is 16.3. The lowest BCUT2D eigenvalue weighted by atomic mass is 9.61. The molecule has 7 nitrogen and oxygen atoms in total. The second kappa shape index (κ2) is 7.57. The fourth-order valence-electron chi connectivity index (χ4n) is 5.03. The van der Waals surface area contributed by atoms with Gasteiger partial charge in [0.1, 0.15) is 5.69 Å². The van der Waals surface area contributed by atoms with E-state index in [1.54, 1.807) is 11.3 Å². The smallest absolute Gasteiger partial charge is 0.271 e. The fraction of sp³-hybridized carbons (Fsp3) is 0.571. The summed E-state index contributed by atoms with van der Waals surface area (Å²) >= 11 is 1.60. The predicted octanol–water partition coefficient (Wildman–Crippen LogP) is 2.22. The fourth-order valence-corrected chi connectivity index (χ4v) is 5.68. The van der Waals surface area contributed by atoms with E-state index in [1.165, 1.54) is 0 Å². The number of carbonyl (C=O) groups is 2. The summed E-state index contributed by atoms with van der Waals surface area (Å²) in [6.45, 7) is 2.68. The third-order valence-corrected chi connectivity index (χ3v) is 7.57. The Bertz CT molecular complexity index is 888. The predicted molar refractivity (Wildman–Crippen MR) is 109 cm³/mol. The molecule has 2 aromatic heterocycles. The van der Waals surface area contributed by atoms with Crippen molar-refractivity contribution in [3.63, 3.8) is 0 Å². The van der Waals surface area contributed by atoms with E-state index >= 15 is 0 Å². The van der Waals surface area contributed by atoms with Crippen LogP contribution in [0.15, 0.2) is 22.9 Å². The molecular formula is C21H26N4O3S. The molecule has 0 bridgehead atoms. The molecule has 0 aromatic carbocycles. The molecule has 3 atom stereocenters. The van der Waals surface area contributed by atoms with Gasteiger partial charge in [-0.15, -0.1) is 0 Å². The summed E-state index contributed by atoms with van der Waals surface area (Å²) in [7, 11) is 0. The van der Waals surface area contributed by atoms with Crippen LogP contribution < -0.4 is 0 Å². The van der Waals surface area contributed by atoms with Gasteiger partial charge in [-0.05, 0) is 55.0 Å². The van der Waals surface area contributed by atoms with E-state index in [2.05, 4.69) is 10.2 Å². The first-order valence-corrected chi connectivity index (χ1v) is 11.4. The Kier molecular flexibility index (Phi) is 4.91. The molecule has 1 aliphatic carbocycles. The Morgan fingerprint density at radius 3 is 2.72 bits per heavy atom. The SMILES string of the molecule is O=C(c1cc(-c2ccsc2)n[nH]1)N1CC[C@@H]2C[C@@H](C(=O)N3CCC(O)CC3)[C@@H]2C1. The number of piperidine rings is 2. The number of nitrogens with one attached hydrogen (secondary N) is 1. The Morgan fingerprint density at radius 1 is 1.17 bits per heavy atom. The minimum absolute atomic E-state index is 0.0222. The van der Waals surface area contributed by atoms with E-state index in [0.29, 0.717) is 44.1 Å². The number of hydrogen-bond donors (Lipinski definition) is 2. The highest BCUT2D eigenvalue weighted by molar-refractivity contribution is 7.08. The third kappa shape index (κ3) is 3.48. The van der Waals surface area contributed by atoms with Gasteiger partial charge in [0.2, 0.25) is 5.91 Å². The number of aliphatic hydroxyl groups excluding tert-OH is 1. The van der Waals surface area contributed by atoms with E-state index in [-0.39, 0.29) is 29.8 Å². The van der Waals surface area contributed by atoms with Crippen LogP contribution in [0, 0.1) is 17.8 Å². The van der Waals surface area contributed by atoms with Crippen LogP contribution in [-0.2, 0) is 4.79 Å². The molecule has 2 N–H and O–H groups in total. The Morgan fingerprint density at radius 2 is 1.97 bits per heavy atom. The number of nitrogens with zero attached hydrogens (tertiary/aromatic N) is 3. The van der Waals surface area contributed by atoms with Gasteiger partial charge in [-0.25, -0.2) is 0 Å². The van der Waals surface area contributed by atoms with Crippen molar-refractivity contribution in [1.29, 1.82) is 0 Å². The lowest BCUT2D eigenvalue weighted by Gasteiger charge is -2.51. The van der Waals surface area contributed by atoms with Crippen molar-refractivity contribution in [2.24, 2.45) is 17.8 Å². The number of H-pyrrole nitrogens is 1. The number of carbonyl (C=O) groups excluding carboxylic acids is 2. The van der Waals surface area contributed by atoms with Crippen LogP contribution in [0.3, 0.4) is 0 Å². The molecule has 8 heteroatoms. The second-order valence-electron chi connectivity index (χ2n) is 8.54. The number of aliphatic hydroxyl groups is 1. The third-order valence-electron chi connectivity index (χ3n) is 6.89. The van der Waals surface area contributed by atoms with Crippen LogP contribution in [0.2, 0.25) is 0 Å². The monoisotopic (exact) mass is 414 g/mol. The molecule has 29 heavy (non-hydrogen) atoms. The van der Waals surface area contributed by atoms with Gasteiger partial charge in [0.15, 0.2) is 0 Å². The standard InChI is InChI=1S/C21H26N4O3S/c26-15-2-6-24(7-3-15)20(27)16-9-13-1-5-25(11-17(13)16)21(28)19-10-18(22-23-19)14-4-8-29-12-14/h4,8,10,12-13,15-17,26H,1-3,5-7,9,11H2,(H,22,23)/t13-,16-,17-/m1/s1. The molecule has 0 radical (unpaired) electrons. The first-order chi connectivity index (χ1) is 14.1. The van der Waals surface area contributed by atoms with Crippen LogP contribution in [0.5, 0.6) is 0 Å². The molecule has 1 saturated carbocycles. The molecule has 2 amide bonds. The van der Waals surface area contributed by atoms with Crippen molar-refractivity contribution in [2.45, 2.75) is 31.8 Å². The Balaban J connectivity index is 1.23. The van der Waals surface area contributed by atoms with Crippen molar-refractivity contribution in [2.75, 3.05) is 26.2 Å². The van der Waals surface area contributed by atoms with Gasteiger partial charge < -0.3 is 14.9 Å². The molecule has 0 spiro atoms. The number of aromatic nitrogens is 2. The molecule has 154 valence electrons. The van der Waals surface area contributed by atoms with Gasteiger partial charge in [-0.1, -0.05) is 0 Å². The number of hydrogen-bond acceptors (Lipinski definition) is 5. The van der Waals surface area contributed by atoms with E-state index < -0.39 is 0 Å². The first-order valence-electron chi connectivity index (χ1n) is 10.4. The maximum atomic E-state index is 13.0. The number of aromatic amines is 1. The number of likely N-dealkylation sites (tertiary alicyclic amines) is 2. The number of fused-ring (bicyclic) bond motifs is 1. The molecule has 3 fully saturated rings. The van der Waals surface area contributed by atoms with E-state index in [9.17, 15) is 14.7 Å². The van der Waals surface area contributed by atoms with Gasteiger partial charge in [-0.2, -0.15) is 16.4 Å². The molecule has 4 heterocycles. The summed E-state index contributed by atoms with van der Waals surface area (Å²) in [5.41, 5.74) is 2.31. The van der Waals surface area contributed by atoms with E-state index in [0.717, 1.165) is 30.6 Å². The Hall–Kier alpha value is -2.19. The summed E-state index contributed by atoms with van der Waals surface area (Å²) in [6.07, 6.45) is 2.97. The summed E-state index contributed by atoms with van der Waals surface area (Å²) in [4.78, 5) is 29.7. The number of thiophene rings is 1. The highest BCUT2D eigenvalue weighted by Gasteiger charge is 2.49. The maximum absolute atomic E-state index is 13.0. The van der Waals surface area contributed by atoms with Crippen LogP contribution in [0.4, 0.5) is 0 Å². The number of amides is 2. The van der Waals surface area contributed by atoms with Crippen LogP contribution >= 0.6 is 11.3 Å². The van der Waals surface area contributed by atoms with Gasteiger partial charge in [0, 0.05) is 43.0 Å². The van der Waals surface area contributed by atoms with Gasteiger partial charge in [0.25, 0.3) is 5.91 Å². The van der Waals surface area contributed by atoms with E-state index in [1.807, 2.05) is 32.7 Å². The van der Waals surface area contributed by atoms with Crippen molar-refractivity contribution < 1.29 is 14.7 Å². The van der Waals surface area contributed by atoms with Crippen LogP contribution in [0.1, 0.15) is 36.2 Å². The molecule has 5 rings (SSSR count). The lowest BCUT2D eigenvalue weighted by Crippen LogP contribution is -2.57. The largest absolute Gasteiger partial charge is 0.393 e. The molecule has 2 aromatic rings. The van der Waals surface area contributed by atoms with E-state index in [4.69, 9.17) is 0 Å². The van der Waals surface area contributed by atoms with Crippen LogP contribution in [0.25, 0.3) is 11.3 Å². The van der Waals surface area contributed by atoms with Crippen molar-refractivity contribution in [3.05, 3.63) is 28.6 Å². The topological polar surface area (TPSA) is 89.5 Å². The molecule has 2 saturated heterocycles. The molecular weight excluding hydrogens is 388 g/mol. The summed E-state index contributed by atoms with van der Waals surface area (Å²) in [5, 5.41) is 20.9. The van der Waals surface area contributed by atoms with Gasteiger partial charge in [0.05, 0.1) is 11.8 Å². The molecule has 3 aliphatic rings. The normalized spacial score (nSPS) is 27.4. The van der Waals surface area contributed by atoms with Gasteiger partial charge in [-0.3, -0.25) is 14.7 Å². The van der Waals surface area contributed by atoms with Gasteiger partial charge >= 0.3 is 0 Å². The maximum Gasteiger partial charge on any atom is 0.271 e. The molecule has 2 aliphatic heterocycles. The van der Waals surface area contributed by atoms with Crippen molar-refractivity contribution in [3.8, 4) is 11.3 Å². The minimum atomic E-state index is -0.274. The van der Waals surface area contributed by atoms with Crippen LogP contribution in [-0.4, -0.2) is 69.2 Å². The average Bonchev–Trinajstić information content (AvgIpc) is 3.40. The minimum Gasteiger partial charge on any atom is -0.393 e. The highest BCUT2D eigenvalue weighted by atomic mass is 32.1. The summed E-state index contributed by atoms with van der Waals surface area (Å²) < 4.78 is 0. The molecule has 0 unspecified atom stereocenters. The lowest BCUT2D eigenvalue weighted by molar-refractivity contribution is -0.149. The Labute approximate surface area is 173 Å². The zero-order chi connectivity index (χ0) is 20.0. The summed E-state index contributed by atoms with van der Waals surface area (Å²) in [6, 6.07) is 3.81. The van der Waals surface area contributed by atoms with Crippen molar-refractivity contribution >= 4 is 23.2 Å². The quantitative estimate of drug-likeness (QED) is 0.806. The highest BCUT2D eigenvalue weighted by Crippen LogP contribution is 2.46.